The molecule has 4 nitrogen and oxygen atoms in total. The van der Waals surface area contributed by atoms with E-state index in [2.05, 4.69) is 9.98 Å². The minimum absolute atomic E-state index is 0.209. The first-order chi connectivity index (χ1) is 4.74. The second-order valence-electron chi connectivity index (χ2n) is 2.06. The Hall–Kier alpha value is -1.03. The zero-order valence-electron chi connectivity index (χ0n) is 5.61. The molecule has 1 aliphatic heterocycles. The molecule has 0 fully saturated rings. The monoisotopic (exact) mass is 140 g/mol. The summed E-state index contributed by atoms with van der Waals surface area (Å²) in [4.78, 5) is 18.1. The van der Waals surface area contributed by atoms with Crippen LogP contribution in [-0.4, -0.2) is 29.7 Å². The Labute approximate surface area is 58.3 Å². The lowest BCUT2D eigenvalue weighted by molar-refractivity contribution is -0.120. The van der Waals surface area contributed by atoms with Crippen LogP contribution in [0.4, 0.5) is 0 Å². The first-order valence-electron chi connectivity index (χ1n) is 2.98. The van der Waals surface area contributed by atoms with Gasteiger partial charge in [0.15, 0.2) is 0 Å². The molecule has 1 rings (SSSR count). The fourth-order valence-electron chi connectivity index (χ4n) is 0.658. The molecule has 0 spiro atoms. The molecule has 1 N–H and O–H groups in total. The number of hydrogen-bond donors (Lipinski definition) is 1. The third-order valence-electron chi connectivity index (χ3n) is 1.23. The van der Waals surface area contributed by atoms with Crippen LogP contribution in [0.2, 0.25) is 0 Å². The summed E-state index contributed by atoms with van der Waals surface area (Å²) < 4.78 is 0. The molecule has 0 unspecified atom stereocenters. The van der Waals surface area contributed by atoms with Crippen LogP contribution in [0.15, 0.2) is 9.98 Å². The number of amides is 1. The molecule has 0 saturated carbocycles. The minimum atomic E-state index is -0.524. The molecule has 54 valence electrons. The third-order valence-corrected chi connectivity index (χ3v) is 1.23. The van der Waals surface area contributed by atoms with Crippen molar-refractivity contribution < 1.29 is 9.90 Å². The molecule has 10 heavy (non-hydrogen) atoms. The van der Waals surface area contributed by atoms with E-state index in [0.717, 1.165) is 0 Å². The van der Waals surface area contributed by atoms with Gasteiger partial charge >= 0.3 is 0 Å². The molecule has 1 aliphatic rings. The third kappa shape index (κ3) is 1.27. The van der Waals surface area contributed by atoms with Gasteiger partial charge in [-0.15, -0.1) is 0 Å². The minimum Gasteiger partial charge on any atom is -0.395 e. The zero-order chi connectivity index (χ0) is 7.56. The Morgan fingerprint density at radius 2 is 2.50 bits per heavy atom. The molecule has 0 radical (unpaired) electrons. The van der Waals surface area contributed by atoms with Gasteiger partial charge in [-0.05, 0) is 6.92 Å². The summed E-state index contributed by atoms with van der Waals surface area (Å²) in [5, 5.41) is 8.57. The summed E-state index contributed by atoms with van der Waals surface area (Å²) in [5.74, 6) is -0.381. The highest BCUT2D eigenvalue weighted by atomic mass is 16.3. The second kappa shape index (κ2) is 2.70. The quantitative estimate of drug-likeness (QED) is 0.539. The van der Waals surface area contributed by atoms with Crippen molar-refractivity contribution in [1.82, 2.24) is 0 Å². The smallest absolute Gasteiger partial charge is 0.258 e. The predicted octanol–water partition coefficient (Wildman–Crippen LogP) is -0.376. The Morgan fingerprint density at radius 3 is 3.00 bits per heavy atom. The summed E-state index contributed by atoms with van der Waals surface area (Å²) in [6, 6.07) is 0. The molecular formula is C6H8N2O2. The topological polar surface area (TPSA) is 62.0 Å². The number of aliphatic hydroxyl groups is 1. The van der Waals surface area contributed by atoms with E-state index in [1.54, 1.807) is 6.92 Å². The molecule has 0 bridgehead atoms. The van der Waals surface area contributed by atoms with Crippen LogP contribution in [-0.2, 0) is 4.79 Å². The van der Waals surface area contributed by atoms with Gasteiger partial charge in [0.1, 0.15) is 5.84 Å². The van der Waals surface area contributed by atoms with Crippen molar-refractivity contribution in [3.05, 3.63) is 0 Å². The molecule has 0 aromatic heterocycles. The molecule has 0 saturated heterocycles. The number of carbonyl (C=O) groups excluding carboxylic acids is 1. The highest BCUT2D eigenvalue weighted by Gasteiger charge is 2.17. The Morgan fingerprint density at radius 1 is 1.80 bits per heavy atom. The predicted molar refractivity (Wildman–Crippen MR) is 37.2 cm³/mol. The van der Waals surface area contributed by atoms with E-state index in [0.29, 0.717) is 5.84 Å². The van der Waals surface area contributed by atoms with Crippen molar-refractivity contribution in [2.24, 2.45) is 15.9 Å². The van der Waals surface area contributed by atoms with Gasteiger partial charge in [0, 0.05) is 6.21 Å². The lowest BCUT2D eigenvalue weighted by Gasteiger charge is -2.07. The number of aliphatic hydroxyl groups excluding tert-OH is 1. The Balaban J connectivity index is 2.74. The van der Waals surface area contributed by atoms with Crippen LogP contribution in [0, 0.1) is 5.92 Å². The van der Waals surface area contributed by atoms with Crippen LogP contribution in [0.25, 0.3) is 0 Å². The van der Waals surface area contributed by atoms with Crippen molar-refractivity contribution in [1.29, 1.82) is 0 Å². The van der Waals surface area contributed by atoms with E-state index in [1.165, 1.54) is 6.21 Å². The van der Waals surface area contributed by atoms with Crippen LogP contribution >= 0.6 is 0 Å². The fourth-order valence-corrected chi connectivity index (χ4v) is 0.658. The maximum atomic E-state index is 10.8. The molecule has 4 heteroatoms. The van der Waals surface area contributed by atoms with E-state index in [-0.39, 0.29) is 12.5 Å². The molecule has 1 atom stereocenters. The van der Waals surface area contributed by atoms with Gasteiger partial charge in [-0.3, -0.25) is 4.79 Å². The zero-order valence-corrected chi connectivity index (χ0v) is 5.61. The highest BCUT2D eigenvalue weighted by molar-refractivity contribution is 6.08. The molecule has 0 aromatic carbocycles. The van der Waals surface area contributed by atoms with Gasteiger partial charge in [-0.2, -0.15) is 4.99 Å². The normalized spacial score (nSPS) is 24.8. The summed E-state index contributed by atoms with van der Waals surface area (Å²) in [7, 11) is 0. The van der Waals surface area contributed by atoms with E-state index >= 15 is 0 Å². The second-order valence-corrected chi connectivity index (χ2v) is 2.06. The number of hydrogen-bond acceptors (Lipinski definition) is 3. The molecule has 1 amide bonds. The van der Waals surface area contributed by atoms with E-state index < -0.39 is 5.92 Å². The summed E-state index contributed by atoms with van der Waals surface area (Å²) in [5.41, 5.74) is 0. The average molecular weight is 140 g/mol. The van der Waals surface area contributed by atoms with Crippen molar-refractivity contribution in [2.75, 3.05) is 6.61 Å². The summed E-state index contributed by atoms with van der Waals surface area (Å²) in [6.45, 7) is 1.43. The van der Waals surface area contributed by atoms with Gasteiger partial charge < -0.3 is 5.11 Å². The lowest BCUT2D eigenvalue weighted by atomic mass is 10.1. The van der Waals surface area contributed by atoms with Crippen LogP contribution in [0.1, 0.15) is 6.92 Å². The van der Waals surface area contributed by atoms with Crippen LogP contribution in [0.5, 0.6) is 0 Å². The number of amidine groups is 1. The fraction of sp³-hybridized carbons (Fsp3) is 0.500. The highest BCUT2D eigenvalue weighted by Crippen LogP contribution is 2.01. The van der Waals surface area contributed by atoms with Crippen LogP contribution < -0.4 is 0 Å². The molecule has 1 heterocycles. The maximum Gasteiger partial charge on any atom is 0.258 e. The van der Waals surface area contributed by atoms with Gasteiger partial charge in [-0.25, -0.2) is 4.99 Å². The van der Waals surface area contributed by atoms with E-state index in [4.69, 9.17) is 5.11 Å². The summed E-state index contributed by atoms with van der Waals surface area (Å²) >= 11 is 0. The van der Waals surface area contributed by atoms with Gasteiger partial charge in [0.25, 0.3) is 5.91 Å². The van der Waals surface area contributed by atoms with Gasteiger partial charge in [0.2, 0.25) is 0 Å². The standard InChI is InChI=1S/C6H8N2O2/c1-4-7-2-5(3-9)6(10)8-4/h2,5,9H,3H2,1H3/t5-/m0/s1. The van der Waals surface area contributed by atoms with Crippen LogP contribution in [0.3, 0.4) is 0 Å². The van der Waals surface area contributed by atoms with E-state index in [1.807, 2.05) is 0 Å². The van der Waals surface area contributed by atoms with E-state index in [9.17, 15) is 4.79 Å². The van der Waals surface area contributed by atoms with Crippen molar-refractivity contribution in [2.45, 2.75) is 6.92 Å². The lowest BCUT2D eigenvalue weighted by Crippen LogP contribution is -2.22. The maximum absolute atomic E-state index is 10.8. The largest absolute Gasteiger partial charge is 0.395 e. The molecular weight excluding hydrogens is 132 g/mol. The first-order valence-corrected chi connectivity index (χ1v) is 2.98. The Bertz CT molecular complexity index is 208. The molecule has 0 aliphatic carbocycles. The van der Waals surface area contributed by atoms with Gasteiger partial charge in [-0.1, -0.05) is 0 Å². The number of carbonyl (C=O) groups is 1. The SMILES string of the molecule is CC1=NC(=O)[C@H](CO)C=N1. The number of aliphatic imine (C=N–C) groups is 2. The van der Waals surface area contributed by atoms with Crippen molar-refractivity contribution >= 4 is 18.0 Å². The first kappa shape index (κ1) is 7.08. The molecule has 0 aromatic rings. The van der Waals surface area contributed by atoms with Crippen molar-refractivity contribution in [3.8, 4) is 0 Å². The van der Waals surface area contributed by atoms with Crippen molar-refractivity contribution in [3.63, 3.8) is 0 Å². The average Bonchev–Trinajstić information content (AvgIpc) is 1.88. The van der Waals surface area contributed by atoms with Gasteiger partial charge in [0.05, 0.1) is 12.5 Å². The number of rotatable bonds is 1. The summed E-state index contributed by atoms with van der Waals surface area (Å²) in [6.07, 6.45) is 1.42. The Kier molecular flexibility index (Phi) is 1.91. The number of nitrogens with zero attached hydrogens (tertiary/aromatic N) is 2.